The zero-order valence-corrected chi connectivity index (χ0v) is 4.46. The van der Waals surface area contributed by atoms with Gasteiger partial charge in [-0.25, -0.2) is 0 Å². The van der Waals surface area contributed by atoms with Gasteiger partial charge in [-0.2, -0.15) is 0 Å². The molecule has 0 heterocycles. The normalized spacial score (nSPS) is 8.00. The number of hydrogen-bond donors (Lipinski definition) is 0. The SMILES string of the molecule is O=[C]CCC(=O)[S]. The van der Waals surface area contributed by atoms with Crippen LogP contribution in [0.4, 0.5) is 0 Å². The largest absolute Gasteiger partial charge is 0.291 e. The van der Waals surface area contributed by atoms with Crippen molar-refractivity contribution in [2.45, 2.75) is 12.8 Å². The molecule has 0 aromatic rings. The lowest BCUT2D eigenvalue weighted by Crippen LogP contribution is -1.84. The Hall–Kier alpha value is -0.440. The molecule has 38 valence electrons. The minimum absolute atomic E-state index is 0.141. The van der Waals surface area contributed by atoms with Gasteiger partial charge in [-0.3, -0.25) is 9.59 Å². The quantitative estimate of drug-likeness (QED) is 0.541. The molecule has 0 aliphatic carbocycles. The highest BCUT2D eigenvalue weighted by molar-refractivity contribution is 7.96. The lowest BCUT2D eigenvalue weighted by molar-refractivity contribution is -0.110. The van der Waals surface area contributed by atoms with Crippen LogP contribution in [0.2, 0.25) is 0 Å². The van der Waals surface area contributed by atoms with Crippen molar-refractivity contribution in [3.63, 3.8) is 0 Å². The molecule has 7 heavy (non-hydrogen) atoms. The smallest absolute Gasteiger partial charge is 0.219 e. The van der Waals surface area contributed by atoms with Crippen molar-refractivity contribution in [2.75, 3.05) is 0 Å². The molecular formula is C4H4O2S. The van der Waals surface area contributed by atoms with Gasteiger partial charge in [0.25, 0.3) is 0 Å². The van der Waals surface area contributed by atoms with Gasteiger partial charge in [0, 0.05) is 12.8 Å². The van der Waals surface area contributed by atoms with Crippen LogP contribution in [-0.4, -0.2) is 11.4 Å². The molecule has 0 saturated carbocycles. The molecule has 0 atom stereocenters. The van der Waals surface area contributed by atoms with E-state index in [9.17, 15) is 9.59 Å². The van der Waals surface area contributed by atoms with Gasteiger partial charge in [-0.1, -0.05) is 0 Å². The molecule has 0 amide bonds. The molecule has 2 nitrogen and oxygen atoms in total. The molecule has 0 aliphatic heterocycles. The van der Waals surface area contributed by atoms with Crippen LogP contribution in [0.25, 0.3) is 0 Å². The van der Waals surface area contributed by atoms with E-state index in [0.29, 0.717) is 0 Å². The van der Waals surface area contributed by atoms with Crippen LogP contribution in [0, 0.1) is 0 Å². The van der Waals surface area contributed by atoms with Crippen molar-refractivity contribution in [1.82, 2.24) is 0 Å². The summed E-state index contributed by atoms with van der Waals surface area (Å²) in [6.45, 7) is 0. The lowest BCUT2D eigenvalue weighted by Gasteiger charge is -1.76. The summed E-state index contributed by atoms with van der Waals surface area (Å²) in [5, 5.41) is -0.372. The van der Waals surface area contributed by atoms with Crippen LogP contribution in [0.1, 0.15) is 12.8 Å². The fourth-order valence-electron chi connectivity index (χ4n) is 0.153. The molecule has 0 aromatic carbocycles. The van der Waals surface area contributed by atoms with E-state index in [2.05, 4.69) is 12.6 Å². The van der Waals surface area contributed by atoms with Crippen LogP contribution >= 0.6 is 12.6 Å². The highest BCUT2D eigenvalue weighted by Gasteiger charge is 1.91. The topological polar surface area (TPSA) is 34.1 Å². The zero-order chi connectivity index (χ0) is 5.70. The Morgan fingerprint density at radius 1 is 1.71 bits per heavy atom. The third-order valence-electron chi connectivity index (χ3n) is 0.431. The van der Waals surface area contributed by atoms with Crippen LogP contribution in [0.3, 0.4) is 0 Å². The summed E-state index contributed by atoms with van der Waals surface area (Å²) >= 11 is 4.13. The first-order valence-electron chi connectivity index (χ1n) is 1.82. The minimum atomic E-state index is -0.372. The summed E-state index contributed by atoms with van der Waals surface area (Å²) in [5.74, 6) is 0. The molecular weight excluding hydrogens is 112 g/mol. The molecule has 3 heteroatoms. The van der Waals surface area contributed by atoms with E-state index in [1.807, 2.05) is 0 Å². The number of carbonyl (C=O) groups excluding carboxylic acids is 2. The van der Waals surface area contributed by atoms with Gasteiger partial charge in [0.1, 0.15) is 0 Å². The molecule has 0 unspecified atom stereocenters. The molecule has 0 aliphatic rings. The van der Waals surface area contributed by atoms with Gasteiger partial charge in [0.2, 0.25) is 5.12 Å². The molecule has 0 N–H and O–H groups in total. The van der Waals surface area contributed by atoms with Crippen molar-refractivity contribution in [3.05, 3.63) is 0 Å². The second-order valence-corrected chi connectivity index (χ2v) is 1.47. The monoisotopic (exact) mass is 116 g/mol. The summed E-state index contributed by atoms with van der Waals surface area (Å²) in [7, 11) is 0. The molecule has 0 spiro atoms. The van der Waals surface area contributed by atoms with Crippen LogP contribution in [0.5, 0.6) is 0 Å². The van der Waals surface area contributed by atoms with Gasteiger partial charge in [-0.15, -0.1) is 0 Å². The van der Waals surface area contributed by atoms with Crippen molar-refractivity contribution in [1.29, 1.82) is 0 Å². The van der Waals surface area contributed by atoms with Crippen molar-refractivity contribution in [2.24, 2.45) is 0 Å². The van der Waals surface area contributed by atoms with Gasteiger partial charge in [0.15, 0.2) is 6.29 Å². The predicted octanol–water partition coefficient (Wildman–Crippen LogP) is 0.600. The first-order chi connectivity index (χ1) is 3.27. The van der Waals surface area contributed by atoms with E-state index >= 15 is 0 Å². The minimum Gasteiger partial charge on any atom is -0.291 e. The van der Waals surface area contributed by atoms with E-state index in [1.54, 1.807) is 6.29 Å². The lowest BCUT2D eigenvalue weighted by atomic mass is 10.4. The second kappa shape index (κ2) is 3.74. The van der Waals surface area contributed by atoms with Crippen LogP contribution in [0.15, 0.2) is 0 Å². The average molecular weight is 116 g/mol. The molecule has 0 saturated heterocycles. The Morgan fingerprint density at radius 3 is 2.43 bits per heavy atom. The summed E-state index contributed by atoms with van der Waals surface area (Å²) in [6, 6.07) is 0. The fourth-order valence-corrected chi connectivity index (χ4v) is 0.255. The van der Waals surface area contributed by atoms with Gasteiger partial charge < -0.3 is 0 Å². The third-order valence-corrected chi connectivity index (χ3v) is 0.635. The summed E-state index contributed by atoms with van der Waals surface area (Å²) < 4.78 is 0. The van der Waals surface area contributed by atoms with Crippen molar-refractivity contribution >= 4 is 24.0 Å². The zero-order valence-electron chi connectivity index (χ0n) is 3.64. The highest BCUT2D eigenvalue weighted by atomic mass is 32.1. The summed E-state index contributed by atoms with van der Waals surface area (Å²) in [4.78, 5) is 19.2. The van der Waals surface area contributed by atoms with Gasteiger partial charge in [-0.05, 0) is 12.6 Å². The van der Waals surface area contributed by atoms with Gasteiger partial charge >= 0.3 is 0 Å². The van der Waals surface area contributed by atoms with E-state index in [4.69, 9.17) is 0 Å². The fraction of sp³-hybridized carbons (Fsp3) is 0.500. The predicted molar refractivity (Wildman–Crippen MR) is 27.5 cm³/mol. The molecule has 0 rings (SSSR count). The molecule has 0 fully saturated rings. The van der Waals surface area contributed by atoms with Crippen molar-refractivity contribution in [3.8, 4) is 0 Å². The van der Waals surface area contributed by atoms with Crippen molar-refractivity contribution < 1.29 is 9.59 Å². The molecule has 0 aromatic heterocycles. The highest BCUT2D eigenvalue weighted by Crippen LogP contribution is 1.88. The van der Waals surface area contributed by atoms with Crippen LogP contribution < -0.4 is 0 Å². The Balaban J connectivity index is 2.97. The van der Waals surface area contributed by atoms with E-state index in [-0.39, 0.29) is 18.0 Å². The maximum atomic E-state index is 9.84. The Kier molecular flexibility index (Phi) is 3.50. The summed E-state index contributed by atoms with van der Waals surface area (Å²) in [6.07, 6.45) is 1.85. The van der Waals surface area contributed by atoms with E-state index < -0.39 is 0 Å². The van der Waals surface area contributed by atoms with E-state index in [0.717, 1.165) is 0 Å². The number of carbonyl (C=O) groups is 1. The second-order valence-electron chi connectivity index (χ2n) is 1.02. The Bertz CT molecular complexity index is 79.8. The van der Waals surface area contributed by atoms with Gasteiger partial charge in [0.05, 0.1) is 0 Å². The first-order valence-corrected chi connectivity index (χ1v) is 2.23. The van der Waals surface area contributed by atoms with E-state index in [1.165, 1.54) is 0 Å². The Labute approximate surface area is 47.3 Å². The summed E-state index contributed by atoms with van der Waals surface area (Å²) in [5.41, 5.74) is 0. The molecule has 2 radical (unpaired) electrons. The average Bonchev–Trinajstić information content (AvgIpc) is 1.61. The van der Waals surface area contributed by atoms with Crippen LogP contribution in [-0.2, 0) is 9.59 Å². The Morgan fingerprint density at radius 2 is 2.29 bits per heavy atom. The molecule has 0 bridgehead atoms. The number of rotatable bonds is 3. The third kappa shape index (κ3) is 5.56. The maximum Gasteiger partial charge on any atom is 0.219 e. The first kappa shape index (κ1) is 6.56. The maximum absolute atomic E-state index is 9.84. The number of hydrogen-bond acceptors (Lipinski definition) is 2. The standard InChI is InChI=1S/C4H4O2S/c5-3-1-2-4(6)7/h1-2H2.